The van der Waals surface area contributed by atoms with Crippen molar-refractivity contribution in [3.05, 3.63) is 29.8 Å². The summed E-state index contributed by atoms with van der Waals surface area (Å²) in [6, 6.07) is 7.28. The zero-order valence-corrected chi connectivity index (χ0v) is 14.7. The molecule has 0 atom stereocenters. The second kappa shape index (κ2) is 7.11. The second-order valence-corrected chi connectivity index (χ2v) is 8.48. The molecule has 1 aromatic rings. The predicted octanol–water partition coefficient (Wildman–Crippen LogP) is 2.75. The molecule has 0 spiro atoms. The van der Waals surface area contributed by atoms with Gasteiger partial charge in [-0.1, -0.05) is 32.9 Å². The lowest BCUT2D eigenvalue weighted by Gasteiger charge is -2.23. The average molecular weight is 324 g/mol. The van der Waals surface area contributed by atoms with Crippen molar-refractivity contribution in [1.29, 1.82) is 0 Å². The number of nitrogens with one attached hydrogen (secondary N) is 1. The quantitative estimate of drug-likeness (QED) is 0.839. The molecule has 1 fully saturated rings. The van der Waals surface area contributed by atoms with Gasteiger partial charge in [-0.3, -0.25) is 0 Å². The monoisotopic (exact) mass is 324 g/mol. The van der Waals surface area contributed by atoms with Gasteiger partial charge in [0.1, 0.15) is 0 Å². The number of sulfonamides is 1. The maximum atomic E-state index is 12.3. The van der Waals surface area contributed by atoms with Crippen molar-refractivity contribution in [3.63, 3.8) is 0 Å². The van der Waals surface area contributed by atoms with Crippen LogP contribution in [0.4, 0.5) is 0 Å². The van der Waals surface area contributed by atoms with Crippen LogP contribution in [0.5, 0.6) is 0 Å². The molecule has 0 bridgehead atoms. The Labute approximate surface area is 135 Å². The van der Waals surface area contributed by atoms with Crippen LogP contribution in [0.25, 0.3) is 0 Å². The molecule has 0 aliphatic carbocycles. The fraction of sp³-hybridized carbons (Fsp3) is 0.647. The van der Waals surface area contributed by atoms with E-state index in [1.807, 2.05) is 12.1 Å². The van der Waals surface area contributed by atoms with Gasteiger partial charge in [-0.25, -0.2) is 13.1 Å². The Bertz CT molecular complexity index is 573. The lowest BCUT2D eigenvalue weighted by atomic mass is 9.82. The van der Waals surface area contributed by atoms with E-state index in [9.17, 15) is 8.42 Å². The van der Waals surface area contributed by atoms with Crippen LogP contribution in [-0.2, 0) is 15.4 Å². The van der Waals surface area contributed by atoms with E-state index in [4.69, 9.17) is 0 Å². The first-order chi connectivity index (χ1) is 10.3. The first-order valence-corrected chi connectivity index (χ1v) is 9.66. The van der Waals surface area contributed by atoms with Crippen molar-refractivity contribution in [2.24, 2.45) is 0 Å². The highest BCUT2D eigenvalue weighted by Gasteiger charge is 2.20. The van der Waals surface area contributed by atoms with E-state index in [2.05, 4.69) is 30.4 Å². The average Bonchev–Trinajstić information content (AvgIpc) is 3.00. The Morgan fingerprint density at radius 2 is 1.73 bits per heavy atom. The van der Waals surface area contributed by atoms with Gasteiger partial charge in [0.15, 0.2) is 0 Å². The van der Waals surface area contributed by atoms with Crippen LogP contribution < -0.4 is 4.72 Å². The van der Waals surface area contributed by atoms with Gasteiger partial charge in [0.2, 0.25) is 10.0 Å². The van der Waals surface area contributed by atoms with Crippen LogP contribution in [0.2, 0.25) is 0 Å². The molecule has 5 heteroatoms. The molecule has 22 heavy (non-hydrogen) atoms. The molecule has 0 amide bonds. The van der Waals surface area contributed by atoms with Crippen LogP contribution in [0.3, 0.4) is 0 Å². The summed E-state index contributed by atoms with van der Waals surface area (Å²) >= 11 is 0. The first-order valence-electron chi connectivity index (χ1n) is 8.18. The topological polar surface area (TPSA) is 49.4 Å². The van der Waals surface area contributed by atoms with E-state index in [1.54, 1.807) is 12.1 Å². The van der Waals surface area contributed by atoms with Gasteiger partial charge in [0.05, 0.1) is 4.90 Å². The fourth-order valence-corrected chi connectivity index (χ4v) is 3.74. The second-order valence-electron chi connectivity index (χ2n) is 6.71. The Hall–Kier alpha value is -0.910. The minimum absolute atomic E-state index is 0.0749. The fourth-order valence-electron chi connectivity index (χ4n) is 2.72. The van der Waals surface area contributed by atoms with E-state index in [-0.39, 0.29) is 5.41 Å². The highest BCUT2D eigenvalue weighted by atomic mass is 32.2. The zero-order valence-electron chi connectivity index (χ0n) is 13.9. The third kappa shape index (κ3) is 4.31. The molecule has 2 rings (SSSR count). The van der Waals surface area contributed by atoms with Crippen molar-refractivity contribution in [2.75, 3.05) is 26.2 Å². The summed E-state index contributed by atoms with van der Waals surface area (Å²) in [5.41, 5.74) is 1.25. The molecule has 0 unspecified atom stereocenters. The highest BCUT2D eigenvalue weighted by Crippen LogP contribution is 2.27. The van der Waals surface area contributed by atoms with Crippen LogP contribution in [0.15, 0.2) is 29.2 Å². The molecule has 1 saturated heterocycles. The first kappa shape index (κ1) is 17.4. The van der Waals surface area contributed by atoms with Gasteiger partial charge in [-0.15, -0.1) is 0 Å². The van der Waals surface area contributed by atoms with Gasteiger partial charge in [0.25, 0.3) is 0 Å². The van der Waals surface area contributed by atoms with Gasteiger partial charge < -0.3 is 4.90 Å². The van der Waals surface area contributed by atoms with E-state index < -0.39 is 10.0 Å². The van der Waals surface area contributed by atoms with Gasteiger partial charge in [0, 0.05) is 13.1 Å². The summed E-state index contributed by atoms with van der Waals surface area (Å²) in [6.07, 6.45) is 3.47. The van der Waals surface area contributed by atoms with Crippen LogP contribution in [0.1, 0.15) is 45.6 Å². The summed E-state index contributed by atoms with van der Waals surface area (Å²) in [5.74, 6) is 0. The third-order valence-electron chi connectivity index (χ3n) is 4.75. The molecular formula is C17H28N2O2S. The van der Waals surface area contributed by atoms with Crippen LogP contribution in [-0.4, -0.2) is 39.5 Å². The molecule has 0 aromatic heterocycles. The Kier molecular flexibility index (Phi) is 5.64. The molecule has 1 aliphatic rings. The van der Waals surface area contributed by atoms with Gasteiger partial charge in [-0.05, 0) is 55.5 Å². The Morgan fingerprint density at radius 1 is 1.14 bits per heavy atom. The summed E-state index contributed by atoms with van der Waals surface area (Å²) in [5, 5.41) is 0. The Morgan fingerprint density at radius 3 is 2.27 bits per heavy atom. The molecule has 1 aromatic carbocycles. The third-order valence-corrected chi connectivity index (χ3v) is 6.23. The largest absolute Gasteiger partial charge is 0.302 e. The maximum absolute atomic E-state index is 12.3. The van der Waals surface area contributed by atoms with Crippen molar-refractivity contribution >= 4 is 10.0 Å². The number of benzene rings is 1. The molecule has 0 saturated carbocycles. The molecule has 4 nitrogen and oxygen atoms in total. The summed E-state index contributed by atoms with van der Waals surface area (Å²) in [6.45, 7) is 9.93. The highest BCUT2D eigenvalue weighted by molar-refractivity contribution is 7.89. The van der Waals surface area contributed by atoms with Crippen molar-refractivity contribution < 1.29 is 8.42 Å². The van der Waals surface area contributed by atoms with Gasteiger partial charge in [-0.2, -0.15) is 0 Å². The minimum Gasteiger partial charge on any atom is -0.302 e. The lowest BCUT2D eigenvalue weighted by Crippen LogP contribution is -2.33. The zero-order chi connectivity index (χ0) is 16.2. The van der Waals surface area contributed by atoms with Crippen molar-refractivity contribution in [2.45, 2.75) is 50.3 Å². The van der Waals surface area contributed by atoms with Crippen LogP contribution in [0, 0.1) is 0 Å². The molecule has 0 radical (unpaired) electrons. The molecular weight excluding hydrogens is 296 g/mol. The normalized spacial score (nSPS) is 17.0. The van der Waals surface area contributed by atoms with Crippen molar-refractivity contribution in [1.82, 2.24) is 9.62 Å². The molecule has 1 heterocycles. The van der Waals surface area contributed by atoms with E-state index in [0.29, 0.717) is 11.4 Å². The smallest absolute Gasteiger partial charge is 0.240 e. The van der Waals surface area contributed by atoms with E-state index in [0.717, 1.165) is 26.1 Å². The number of hydrogen-bond acceptors (Lipinski definition) is 3. The number of nitrogens with zero attached hydrogens (tertiary/aromatic N) is 1. The summed E-state index contributed by atoms with van der Waals surface area (Å²) in [4.78, 5) is 2.65. The van der Waals surface area contributed by atoms with E-state index in [1.165, 1.54) is 18.4 Å². The molecule has 1 aliphatic heterocycles. The van der Waals surface area contributed by atoms with E-state index >= 15 is 0 Å². The minimum atomic E-state index is -3.40. The Balaban J connectivity index is 1.96. The number of hydrogen-bond donors (Lipinski definition) is 1. The molecule has 1 N–H and O–H groups in total. The van der Waals surface area contributed by atoms with Crippen LogP contribution >= 0.6 is 0 Å². The maximum Gasteiger partial charge on any atom is 0.240 e. The predicted molar refractivity (Wildman–Crippen MR) is 90.6 cm³/mol. The number of rotatable bonds is 7. The van der Waals surface area contributed by atoms with Gasteiger partial charge >= 0.3 is 0 Å². The summed E-state index contributed by atoms with van der Waals surface area (Å²) < 4.78 is 27.3. The van der Waals surface area contributed by atoms with Crippen molar-refractivity contribution in [3.8, 4) is 0 Å². The molecule has 124 valence electrons. The lowest BCUT2D eigenvalue weighted by molar-refractivity contribution is 0.344. The standard InChI is InChI=1S/C17H28N2O2S/c1-4-17(2,3)15-7-9-16(10-8-15)22(20,21)18-11-14-19-12-5-6-13-19/h7-10,18H,4-6,11-14H2,1-3H3. The number of likely N-dealkylation sites (tertiary alicyclic amines) is 1. The SMILES string of the molecule is CCC(C)(C)c1ccc(S(=O)(=O)NCCN2CCCC2)cc1. The summed E-state index contributed by atoms with van der Waals surface area (Å²) in [7, 11) is -3.40.